The summed E-state index contributed by atoms with van der Waals surface area (Å²) in [4.78, 5) is 15.6. The van der Waals surface area contributed by atoms with Crippen molar-refractivity contribution in [2.24, 2.45) is 11.8 Å². The van der Waals surface area contributed by atoms with Gasteiger partial charge in [0.2, 0.25) is 0 Å². The molecule has 2 atom stereocenters. The van der Waals surface area contributed by atoms with Gasteiger partial charge in [-0.15, -0.1) is 16.4 Å². The molecular weight excluding hydrogens is 300 g/mol. The van der Waals surface area contributed by atoms with Crippen LogP contribution in [0.3, 0.4) is 0 Å². The molecule has 2 aromatic heterocycles. The molecule has 0 radical (unpaired) electrons. The second-order valence-electron chi connectivity index (χ2n) is 5.94. The number of carbonyl (C=O) groups excluding carboxylic acids is 1. The summed E-state index contributed by atoms with van der Waals surface area (Å²) in [7, 11) is 0. The zero-order valence-corrected chi connectivity index (χ0v) is 13.0. The van der Waals surface area contributed by atoms with Crippen LogP contribution in [0.4, 0.5) is 0 Å². The Kier molecular flexibility index (Phi) is 3.63. The zero-order valence-electron chi connectivity index (χ0n) is 12.2. The molecule has 4 heterocycles. The highest BCUT2D eigenvalue weighted by atomic mass is 32.1. The number of thiophene rings is 1. The van der Waals surface area contributed by atoms with E-state index in [1.165, 1.54) is 17.7 Å². The predicted molar refractivity (Wildman–Crippen MR) is 82.0 cm³/mol. The van der Waals surface area contributed by atoms with E-state index in [4.69, 9.17) is 0 Å². The van der Waals surface area contributed by atoms with Crippen molar-refractivity contribution in [3.8, 4) is 5.69 Å². The summed E-state index contributed by atoms with van der Waals surface area (Å²) in [6.45, 7) is 3.88. The molecule has 2 fully saturated rings. The molecule has 0 bridgehead atoms. The molecule has 0 aromatic carbocycles. The molecule has 22 heavy (non-hydrogen) atoms. The van der Waals surface area contributed by atoms with Crippen molar-refractivity contribution in [3.63, 3.8) is 0 Å². The summed E-state index contributed by atoms with van der Waals surface area (Å²) >= 11 is 1.46. The first-order chi connectivity index (χ1) is 10.8. The Hall–Kier alpha value is -1.80. The van der Waals surface area contributed by atoms with Gasteiger partial charge in [0, 0.05) is 13.1 Å². The minimum Gasteiger partial charge on any atom is -0.338 e. The average molecular weight is 318 g/mol. The molecule has 1 N–H and O–H groups in total. The van der Waals surface area contributed by atoms with E-state index in [0.29, 0.717) is 0 Å². The molecule has 7 nitrogen and oxygen atoms in total. The summed E-state index contributed by atoms with van der Waals surface area (Å²) in [5, 5.41) is 16.6. The molecule has 2 saturated heterocycles. The zero-order chi connectivity index (χ0) is 14.9. The van der Waals surface area contributed by atoms with E-state index in [-0.39, 0.29) is 5.91 Å². The molecule has 2 aromatic rings. The van der Waals surface area contributed by atoms with E-state index in [1.54, 1.807) is 4.68 Å². The van der Waals surface area contributed by atoms with Crippen LogP contribution in [-0.2, 0) is 0 Å². The Morgan fingerprint density at radius 2 is 2.05 bits per heavy atom. The maximum absolute atomic E-state index is 12.9. The van der Waals surface area contributed by atoms with E-state index in [9.17, 15) is 4.79 Å². The summed E-state index contributed by atoms with van der Waals surface area (Å²) in [5.74, 6) is 1.55. The van der Waals surface area contributed by atoms with Gasteiger partial charge in [0.05, 0.1) is 5.69 Å². The summed E-state index contributed by atoms with van der Waals surface area (Å²) in [6, 6.07) is 1.89. The predicted octanol–water partition coefficient (Wildman–Crippen LogP) is 0.795. The fourth-order valence-electron chi connectivity index (χ4n) is 3.48. The summed E-state index contributed by atoms with van der Waals surface area (Å²) in [6.07, 6.45) is 3.71. The third kappa shape index (κ3) is 2.42. The molecule has 0 aliphatic carbocycles. The maximum Gasteiger partial charge on any atom is 0.266 e. The van der Waals surface area contributed by atoms with E-state index in [1.807, 2.05) is 16.3 Å². The Balaban J connectivity index is 1.54. The third-order valence-electron chi connectivity index (χ3n) is 4.74. The van der Waals surface area contributed by atoms with E-state index < -0.39 is 0 Å². The number of likely N-dealkylation sites (tertiary alicyclic amines) is 1. The highest BCUT2D eigenvalue weighted by Gasteiger charge is 2.32. The van der Waals surface area contributed by atoms with Crippen LogP contribution in [0.25, 0.3) is 5.69 Å². The Morgan fingerprint density at radius 3 is 2.73 bits per heavy atom. The van der Waals surface area contributed by atoms with Gasteiger partial charge < -0.3 is 10.2 Å². The first-order valence-electron chi connectivity index (χ1n) is 7.64. The monoisotopic (exact) mass is 318 g/mol. The van der Waals surface area contributed by atoms with Crippen molar-refractivity contribution >= 4 is 17.2 Å². The Morgan fingerprint density at radius 1 is 1.27 bits per heavy atom. The molecule has 8 heteroatoms. The lowest BCUT2D eigenvalue weighted by molar-refractivity contribution is 0.0763. The molecule has 1 amide bonds. The second kappa shape index (κ2) is 5.77. The van der Waals surface area contributed by atoms with Crippen LogP contribution in [0.2, 0.25) is 0 Å². The minimum absolute atomic E-state index is 0.105. The first kappa shape index (κ1) is 13.8. The van der Waals surface area contributed by atoms with Crippen LogP contribution in [0.5, 0.6) is 0 Å². The number of nitrogens with zero attached hydrogens (tertiary/aromatic N) is 5. The fourth-order valence-corrected chi connectivity index (χ4v) is 4.32. The topological polar surface area (TPSA) is 75.9 Å². The van der Waals surface area contributed by atoms with Gasteiger partial charge in [0.15, 0.2) is 0 Å². The molecule has 2 aliphatic heterocycles. The Labute approximate surface area is 132 Å². The third-order valence-corrected chi connectivity index (χ3v) is 5.63. The first-order valence-corrected chi connectivity index (χ1v) is 8.52. The second-order valence-corrected chi connectivity index (χ2v) is 6.85. The van der Waals surface area contributed by atoms with Gasteiger partial charge in [-0.05, 0) is 59.6 Å². The van der Waals surface area contributed by atoms with E-state index >= 15 is 0 Å². The smallest absolute Gasteiger partial charge is 0.266 e. The number of hydrogen-bond donors (Lipinski definition) is 1. The molecule has 4 rings (SSSR count). The highest BCUT2D eigenvalue weighted by Crippen LogP contribution is 2.29. The van der Waals surface area contributed by atoms with Gasteiger partial charge in [-0.25, -0.2) is 0 Å². The molecular formula is C14H18N6OS. The molecule has 0 unspecified atom stereocenters. The largest absolute Gasteiger partial charge is 0.338 e. The Bertz CT molecular complexity index is 640. The molecule has 2 aliphatic rings. The van der Waals surface area contributed by atoms with Gasteiger partial charge in [0.1, 0.15) is 11.2 Å². The standard InChI is InChI=1S/C14H18N6OS/c21-14(13-12(3-6-22-13)20-9-16-17-18-20)19-4-1-10-7-15-8-11(10)2-5-19/h3,6,9-11,15H,1-2,4-5,7-8H2/t10-,11+. The van der Waals surface area contributed by atoms with Crippen LogP contribution in [0, 0.1) is 11.8 Å². The normalized spacial score (nSPS) is 25.0. The number of carbonyl (C=O) groups is 1. The van der Waals surface area contributed by atoms with Crippen LogP contribution in [-0.4, -0.2) is 57.2 Å². The van der Waals surface area contributed by atoms with E-state index in [0.717, 1.165) is 61.4 Å². The lowest BCUT2D eigenvalue weighted by Gasteiger charge is -2.20. The maximum atomic E-state index is 12.9. The van der Waals surface area contributed by atoms with Crippen molar-refractivity contribution < 1.29 is 4.79 Å². The quantitative estimate of drug-likeness (QED) is 0.886. The molecule has 0 saturated carbocycles. The highest BCUT2D eigenvalue weighted by molar-refractivity contribution is 7.12. The number of nitrogens with one attached hydrogen (secondary N) is 1. The van der Waals surface area contributed by atoms with Gasteiger partial charge >= 0.3 is 0 Å². The number of fused-ring (bicyclic) bond motifs is 1. The number of aromatic nitrogens is 4. The van der Waals surface area contributed by atoms with Crippen molar-refractivity contribution in [2.75, 3.05) is 26.2 Å². The van der Waals surface area contributed by atoms with Crippen LogP contribution in [0.15, 0.2) is 17.8 Å². The summed E-state index contributed by atoms with van der Waals surface area (Å²) < 4.78 is 1.56. The number of amides is 1. The van der Waals surface area contributed by atoms with E-state index in [2.05, 4.69) is 20.8 Å². The minimum atomic E-state index is 0.105. The van der Waals surface area contributed by atoms with Gasteiger partial charge in [-0.1, -0.05) is 0 Å². The average Bonchev–Trinajstić information content (AvgIpc) is 3.26. The van der Waals surface area contributed by atoms with Crippen LogP contribution in [0.1, 0.15) is 22.5 Å². The number of hydrogen-bond acceptors (Lipinski definition) is 6. The van der Waals surface area contributed by atoms with Crippen molar-refractivity contribution in [1.82, 2.24) is 30.4 Å². The van der Waals surface area contributed by atoms with Gasteiger partial charge in [-0.3, -0.25) is 4.79 Å². The van der Waals surface area contributed by atoms with Crippen LogP contribution >= 0.6 is 11.3 Å². The van der Waals surface area contributed by atoms with Crippen molar-refractivity contribution in [1.29, 1.82) is 0 Å². The summed E-state index contributed by atoms with van der Waals surface area (Å²) in [5.41, 5.74) is 0.770. The van der Waals surface area contributed by atoms with Crippen molar-refractivity contribution in [2.45, 2.75) is 12.8 Å². The lowest BCUT2D eigenvalue weighted by Crippen LogP contribution is -2.32. The molecule has 0 spiro atoms. The van der Waals surface area contributed by atoms with Gasteiger partial charge in [0.25, 0.3) is 5.91 Å². The SMILES string of the molecule is O=C(c1sccc1-n1cnnn1)N1CC[C@@H]2CNC[C@@H]2CC1. The molecule has 116 valence electrons. The lowest BCUT2D eigenvalue weighted by atomic mass is 9.92. The van der Waals surface area contributed by atoms with Crippen molar-refractivity contribution in [3.05, 3.63) is 22.7 Å². The van der Waals surface area contributed by atoms with Crippen LogP contribution < -0.4 is 5.32 Å². The number of rotatable bonds is 2. The van der Waals surface area contributed by atoms with Gasteiger partial charge in [-0.2, -0.15) is 4.68 Å². The fraction of sp³-hybridized carbons (Fsp3) is 0.571. The number of tetrazole rings is 1.